The van der Waals surface area contributed by atoms with E-state index in [4.69, 9.17) is 9.84 Å². The fourth-order valence-corrected chi connectivity index (χ4v) is 8.15. The van der Waals surface area contributed by atoms with Crippen LogP contribution in [-0.2, 0) is 9.53 Å². The van der Waals surface area contributed by atoms with Gasteiger partial charge in [0.1, 0.15) is 5.82 Å². The van der Waals surface area contributed by atoms with E-state index in [0.717, 1.165) is 61.8 Å². The Bertz CT molecular complexity index is 918. The number of halogens is 1. The Morgan fingerprint density at radius 1 is 0.850 bits per heavy atom. The lowest BCUT2D eigenvalue weighted by Crippen LogP contribution is -2.25. The Morgan fingerprint density at radius 3 is 2.02 bits per heavy atom. The van der Waals surface area contributed by atoms with Gasteiger partial charge in [-0.1, -0.05) is 64.2 Å². The van der Waals surface area contributed by atoms with Crippen LogP contribution in [0.3, 0.4) is 0 Å². The zero-order valence-corrected chi connectivity index (χ0v) is 25.2. The molecule has 0 saturated heterocycles. The zero-order chi connectivity index (χ0) is 28.3. The predicted octanol–water partition coefficient (Wildman–Crippen LogP) is 9.63. The molecule has 0 aliphatic heterocycles. The fraction of sp³-hybridized carbons (Fsp3) is 0.750. The summed E-state index contributed by atoms with van der Waals surface area (Å²) in [5.41, 5.74) is 2.25. The molecule has 0 bridgehead atoms. The van der Waals surface area contributed by atoms with Crippen molar-refractivity contribution >= 4 is 5.97 Å². The molecule has 0 spiro atoms. The van der Waals surface area contributed by atoms with Crippen molar-refractivity contribution in [3.63, 3.8) is 0 Å². The summed E-state index contributed by atoms with van der Waals surface area (Å²) in [6, 6.07) is 6.23. The van der Waals surface area contributed by atoms with Crippen molar-refractivity contribution in [2.75, 3.05) is 13.2 Å². The average Bonchev–Trinajstić information content (AvgIpc) is 2.99. The third-order valence-corrected chi connectivity index (χ3v) is 10.8. The van der Waals surface area contributed by atoms with Gasteiger partial charge in [-0.15, -0.1) is 0 Å². The molecule has 0 radical (unpaired) electrons. The normalized spacial score (nSPS) is 29.2. The third-order valence-electron chi connectivity index (χ3n) is 10.8. The first-order valence-corrected chi connectivity index (χ1v) is 16.7. The highest BCUT2D eigenvalue weighted by molar-refractivity contribution is 5.87. The zero-order valence-electron chi connectivity index (χ0n) is 25.2. The van der Waals surface area contributed by atoms with Crippen molar-refractivity contribution in [1.82, 2.24) is 0 Å². The van der Waals surface area contributed by atoms with Gasteiger partial charge in [0.2, 0.25) is 0 Å². The van der Waals surface area contributed by atoms with E-state index < -0.39 is 5.97 Å². The molecule has 4 heteroatoms. The maximum absolute atomic E-state index is 15.3. The summed E-state index contributed by atoms with van der Waals surface area (Å²) in [7, 11) is 0. The molecule has 0 amide bonds. The Kier molecular flexibility index (Phi) is 12.6. The summed E-state index contributed by atoms with van der Waals surface area (Å²) < 4.78 is 20.5. The molecule has 3 nitrogen and oxygen atoms in total. The van der Waals surface area contributed by atoms with E-state index in [1.165, 1.54) is 82.6 Å². The molecule has 4 rings (SSSR count). The van der Waals surface area contributed by atoms with Crippen LogP contribution in [0.4, 0.5) is 4.39 Å². The Balaban J connectivity index is 1.16. The first kappa shape index (κ1) is 31.3. The number of hydrogen-bond donors (Lipinski definition) is 1. The molecule has 3 aliphatic rings. The Hall–Kier alpha value is -1.68. The number of benzene rings is 1. The first-order chi connectivity index (χ1) is 19.5. The lowest BCUT2D eigenvalue weighted by atomic mass is 9.68. The molecule has 0 unspecified atom stereocenters. The van der Waals surface area contributed by atoms with Crippen LogP contribution in [0.15, 0.2) is 30.4 Å². The Labute approximate surface area is 243 Å². The van der Waals surface area contributed by atoms with E-state index >= 15 is 4.39 Å². The van der Waals surface area contributed by atoms with Gasteiger partial charge in [0, 0.05) is 0 Å². The van der Waals surface area contributed by atoms with Crippen molar-refractivity contribution in [1.29, 1.82) is 0 Å². The van der Waals surface area contributed by atoms with Gasteiger partial charge in [-0.05, 0) is 130 Å². The van der Waals surface area contributed by atoms with Crippen molar-refractivity contribution in [3.8, 4) is 0 Å². The van der Waals surface area contributed by atoms with Gasteiger partial charge in [-0.2, -0.15) is 0 Å². The third kappa shape index (κ3) is 8.91. The lowest BCUT2D eigenvalue weighted by Gasteiger charge is -2.38. The molecule has 224 valence electrons. The maximum atomic E-state index is 15.3. The number of unbranched alkanes of at least 4 members (excludes halogenated alkanes) is 2. The van der Waals surface area contributed by atoms with E-state index in [9.17, 15) is 4.79 Å². The van der Waals surface area contributed by atoms with Crippen LogP contribution in [0, 0.1) is 29.5 Å². The molecule has 0 heterocycles. The van der Waals surface area contributed by atoms with Gasteiger partial charge in [-0.3, -0.25) is 0 Å². The molecular weight excluding hydrogens is 499 g/mol. The molecule has 1 N–H and O–H groups in total. The van der Waals surface area contributed by atoms with Crippen LogP contribution in [-0.4, -0.2) is 24.3 Å². The minimum Gasteiger partial charge on any atom is -0.462 e. The van der Waals surface area contributed by atoms with E-state index in [2.05, 4.69) is 25.6 Å². The standard InChI is InChI=1S/C36H55FO3/c1-3-4-5-7-27-9-13-29(14-10-27)30-17-19-31(20-18-30)33-21-22-34(35(37)24-33)32-15-11-28(12-16-32)8-6-23-40-36(39)26(2)25-38/h21-22,24,27-32,38H,2-20,23,25H2,1H3. The molecular formula is C36H55FO3. The van der Waals surface area contributed by atoms with Crippen LogP contribution < -0.4 is 0 Å². The SMILES string of the molecule is C=C(CO)C(=O)OCCCC1CCC(c2ccc(C3CCC(C4CCC(CCCCC)CC4)CC3)cc2F)CC1. The first-order valence-electron chi connectivity index (χ1n) is 16.7. The summed E-state index contributed by atoms with van der Waals surface area (Å²) in [4.78, 5) is 11.6. The highest BCUT2D eigenvalue weighted by Crippen LogP contribution is 2.45. The largest absolute Gasteiger partial charge is 0.462 e. The topological polar surface area (TPSA) is 46.5 Å². The van der Waals surface area contributed by atoms with E-state index in [1.807, 2.05) is 6.07 Å². The maximum Gasteiger partial charge on any atom is 0.335 e. The summed E-state index contributed by atoms with van der Waals surface area (Å²) in [5, 5.41) is 8.94. The predicted molar refractivity (Wildman–Crippen MR) is 162 cm³/mol. The number of carbonyl (C=O) groups excluding carboxylic acids is 1. The van der Waals surface area contributed by atoms with Crippen LogP contribution in [0.2, 0.25) is 0 Å². The van der Waals surface area contributed by atoms with Crippen molar-refractivity contribution in [2.24, 2.45) is 23.7 Å². The van der Waals surface area contributed by atoms with Gasteiger partial charge >= 0.3 is 5.97 Å². The molecule has 40 heavy (non-hydrogen) atoms. The van der Waals surface area contributed by atoms with Gasteiger partial charge in [0.05, 0.1) is 18.8 Å². The summed E-state index contributed by atoms with van der Waals surface area (Å²) in [5.74, 6) is 3.82. The molecule has 1 aromatic rings. The van der Waals surface area contributed by atoms with Crippen molar-refractivity contribution in [3.05, 3.63) is 47.3 Å². The van der Waals surface area contributed by atoms with Crippen LogP contribution in [0.1, 0.15) is 145 Å². The average molecular weight is 555 g/mol. The van der Waals surface area contributed by atoms with E-state index in [0.29, 0.717) is 24.4 Å². The molecule has 0 aromatic heterocycles. The van der Waals surface area contributed by atoms with Crippen LogP contribution in [0.25, 0.3) is 0 Å². The van der Waals surface area contributed by atoms with Crippen LogP contribution in [0.5, 0.6) is 0 Å². The minimum absolute atomic E-state index is 0.0143. The number of esters is 1. The van der Waals surface area contributed by atoms with E-state index in [-0.39, 0.29) is 18.0 Å². The lowest BCUT2D eigenvalue weighted by molar-refractivity contribution is -0.139. The highest BCUT2D eigenvalue weighted by atomic mass is 19.1. The van der Waals surface area contributed by atoms with Gasteiger partial charge in [0.25, 0.3) is 0 Å². The van der Waals surface area contributed by atoms with Crippen molar-refractivity contribution < 1.29 is 19.0 Å². The number of aliphatic hydroxyl groups is 1. The number of ether oxygens (including phenoxy) is 1. The van der Waals surface area contributed by atoms with Crippen LogP contribution >= 0.6 is 0 Å². The quantitative estimate of drug-likeness (QED) is 0.150. The molecule has 1 aromatic carbocycles. The number of hydrogen-bond acceptors (Lipinski definition) is 3. The minimum atomic E-state index is -0.506. The summed E-state index contributed by atoms with van der Waals surface area (Å²) in [6.45, 7) is 5.81. The molecule has 3 saturated carbocycles. The van der Waals surface area contributed by atoms with Gasteiger partial charge < -0.3 is 9.84 Å². The summed E-state index contributed by atoms with van der Waals surface area (Å²) >= 11 is 0. The summed E-state index contributed by atoms with van der Waals surface area (Å²) in [6.07, 6.45) is 22.7. The van der Waals surface area contributed by atoms with E-state index in [1.54, 1.807) is 0 Å². The molecule has 3 fully saturated rings. The second-order valence-corrected chi connectivity index (χ2v) is 13.4. The second kappa shape index (κ2) is 16.1. The monoisotopic (exact) mass is 554 g/mol. The number of carbonyl (C=O) groups is 1. The number of rotatable bonds is 13. The van der Waals surface area contributed by atoms with Gasteiger partial charge in [0.15, 0.2) is 0 Å². The smallest absolute Gasteiger partial charge is 0.335 e. The fourth-order valence-electron chi connectivity index (χ4n) is 8.15. The van der Waals surface area contributed by atoms with Gasteiger partial charge in [-0.25, -0.2) is 9.18 Å². The highest BCUT2D eigenvalue weighted by Gasteiger charge is 2.32. The second-order valence-electron chi connectivity index (χ2n) is 13.4. The number of aliphatic hydroxyl groups excluding tert-OH is 1. The molecule has 0 atom stereocenters. The molecule has 3 aliphatic carbocycles. The van der Waals surface area contributed by atoms with Crippen molar-refractivity contribution in [2.45, 2.75) is 134 Å². The Morgan fingerprint density at radius 2 is 1.43 bits per heavy atom.